The van der Waals surface area contributed by atoms with Crippen LogP contribution in [0.15, 0.2) is 54.6 Å². The van der Waals surface area contributed by atoms with Crippen molar-refractivity contribution in [2.24, 2.45) is 0 Å². The Morgan fingerprint density at radius 2 is 1.88 bits per heavy atom. The quantitative estimate of drug-likeness (QED) is 0.400. The minimum Gasteiger partial charge on any atom is -0.410 e. The number of hydrogen-bond acceptors (Lipinski definition) is 4. The number of rotatable bonds is 7. The fraction of sp³-hybridized carbons (Fsp3) is 0.350. The lowest BCUT2D eigenvalue weighted by Gasteiger charge is -2.30. The average Bonchev–Trinajstić information content (AvgIpc) is 2.56. The van der Waals surface area contributed by atoms with Crippen LogP contribution in [-0.4, -0.2) is 18.9 Å². The van der Waals surface area contributed by atoms with Crippen LogP contribution in [0, 0.1) is 6.92 Å². The molecule has 0 saturated carbocycles. The Morgan fingerprint density at radius 3 is 2.54 bits per heavy atom. The van der Waals surface area contributed by atoms with E-state index in [9.17, 15) is 4.79 Å². The predicted molar refractivity (Wildman–Crippen MR) is 96.4 cm³/mol. The van der Waals surface area contributed by atoms with Crippen LogP contribution in [0.1, 0.15) is 32.3 Å². The molecule has 0 aliphatic rings. The fourth-order valence-electron chi connectivity index (χ4n) is 2.47. The summed E-state index contributed by atoms with van der Waals surface area (Å²) in [5, 5.41) is 0. The molecule has 0 bridgehead atoms. The van der Waals surface area contributed by atoms with E-state index in [2.05, 4.69) is 30.9 Å². The molecular formula is C20H25NO3. The van der Waals surface area contributed by atoms with E-state index in [1.165, 1.54) is 5.56 Å². The monoisotopic (exact) mass is 327 g/mol. The zero-order chi connectivity index (χ0) is 17.4. The molecule has 4 heteroatoms. The number of nitrogens with zero attached hydrogens (tertiary/aromatic N) is 1. The maximum atomic E-state index is 12.0. The van der Waals surface area contributed by atoms with Crippen molar-refractivity contribution in [2.75, 3.05) is 11.4 Å². The number of carbonyl (C=O) groups excluding carboxylic acids is 1. The summed E-state index contributed by atoms with van der Waals surface area (Å²) in [6, 6.07) is 17.1. The number of anilines is 1. The van der Waals surface area contributed by atoms with Gasteiger partial charge in [0, 0.05) is 12.2 Å². The van der Waals surface area contributed by atoms with E-state index in [1.54, 1.807) is 12.1 Å². The van der Waals surface area contributed by atoms with Crippen molar-refractivity contribution in [3.05, 3.63) is 60.2 Å². The molecule has 0 N–H and O–H groups in total. The number of carbonyl (C=O) groups is 1. The van der Waals surface area contributed by atoms with Crippen LogP contribution in [0.25, 0.3) is 0 Å². The topological polar surface area (TPSA) is 38.8 Å². The summed E-state index contributed by atoms with van der Waals surface area (Å²) in [7, 11) is 0. The maximum Gasteiger partial charge on any atom is 0.515 e. The second-order valence-corrected chi connectivity index (χ2v) is 5.77. The molecule has 0 aromatic heterocycles. The molecule has 0 heterocycles. The van der Waals surface area contributed by atoms with Crippen LogP contribution in [-0.2, 0) is 4.74 Å². The van der Waals surface area contributed by atoms with Crippen molar-refractivity contribution >= 4 is 11.8 Å². The minimum absolute atomic E-state index is 0.408. The highest BCUT2D eigenvalue weighted by atomic mass is 16.7. The van der Waals surface area contributed by atoms with Gasteiger partial charge in [0.25, 0.3) is 0 Å². The number of para-hydroxylation sites is 1. The molecule has 1 unspecified atom stereocenters. The van der Waals surface area contributed by atoms with Gasteiger partial charge >= 0.3 is 6.16 Å². The van der Waals surface area contributed by atoms with Gasteiger partial charge < -0.3 is 14.4 Å². The molecule has 1 atom stereocenters. The van der Waals surface area contributed by atoms with E-state index >= 15 is 0 Å². The Kier molecular flexibility index (Phi) is 6.67. The van der Waals surface area contributed by atoms with Gasteiger partial charge in [0.15, 0.2) is 6.23 Å². The van der Waals surface area contributed by atoms with Crippen molar-refractivity contribution in [3.8, 4) is 5.75 Å². The standard InChI is InChI=1S/C20H25NO3/c1-4-5-14-21(18-11-9-10-16(2)15-18)17(3)23-20(22)24-19-12-7-6-8-13-19/h6-13,15,17H,4-5,14H2,1-3H3. The fourth-order valence-corrected chi connectivity index (χ4v) is 2.47. The van der Waals surface area contributed by atoms with Gasteiger partial charge in [-0.25, -0.2) is 4.79 Å². The average molecular weight is 327 g/mol. The smallest absolute Gasteiger partial charge is 0.410 e. The van der Waals surface area contributed by atoms with Crippen LogP contribution in [0.2, 0.25) is 0 Å². The largest absolute Gasteiger partial charge is 0.515 e. The van der Waals surface area contributed by atoms with Crippen LogP contribution in [0.4, 0.5) is 10.5 Å². The molecule has 0 aliphatic carbocycles. The van der Waals surface area contributed by atoms with Gasteiger partial charge in [-0.3, -0.25) is 0 Å². The highest BCUT2D eigenvalue weighted by molar-refractivity contribution is 5.64. The second-order valence-electron chi connectivity index (χ2n) is 5.77. The van der Waals surface area contributed by atoms with E-state index in [-0.39, 0.29) is 0 Å². The number of aryl methyl sites for hydroxylation is 1. The highest BCUT2D eigenvalue weighted by Gasteiger charge is 2.19. The number of benzene rings is 2. The van der Waals surface area contributed by atoms with E-state index in [0.29, 0.717) is 5.75 Å². The number of unbranched alkanes of at least 4 members (excludes halogenated alkanes) is 1. The molecule has 0 amide bonds. The summed E-state index contributed by atoms with van der Waals surface area (Å²) in [6.45, 7) is 6.88. The second kappa shape index (κ2) is 8.96. The van der Waals surface area contributed by atoms with Crippen LogP contribution < -0.4 is 9.64 Å². The van der Waals surface area contributed by atoms with Gasteiger partial charge in [-0.1, -0.05) is 43.7 Å². The Hall–Kier alpha value is -2.49. The third kappa shape index (κ3) is 5.30. The molecule has 24 heavy (non-hydrogen) atoms. The lowest BCUT2D eigenvalue weighted by molar-refractivity contribution is 0.0640. The molecule has 2 aromatic carbocycles. The molecule has 128 valence electrons. The molecule has 0 aliphatic heterocycles. The summed E-state index contributed by atoms with van der Waals surface area (Å²) in [6.07, 6.45) is 0.996. The van der Waals surface area contributed by atoms with Crippen molar-refractivity contribution in [1.29, 1.82) is 0 Å². The Labute approximate surface area is 144 Å². The highest BCUT2D eigenvalue weighted by Crippen LogP contribution is 2.20. The first-order valence-corrected chi connectivity index (χ1v) is 8.37. The lowest BCUT2D eigenvalue weighted by Crippen LogP contribution is -2.38. The first-order valence-electron chi connectivity index (χ1n) is 8.37. The van der Waals surface area contributed by atoms with Gasteiger partial charge in [-0.05, 0) is 50.1 Å². The minimum atomic E-state index is -0.692. The van der Waals surface area contributed by atoms with Crippen LogP contribution in [0.3, 0.4) is 0 Å². The lowest BCUT2D eigenvalue weighted by atomic mass is 10.2. The molecular weight excluding hydrogens is 302 g/mol. The van der Waals surface area contributed by atoms with Gasteiger partial charge in [0.2, 0.25) is 0 Å². The van der Waals surface area contributed by atoms with Crippen LogP contribution in [0.5, 0.6) is 5.75 Å². The van der Waals surface area contributed by atoms with E-state index in [0.717, 1.165) is 25.1 Å². The van der Waals surface area contributed by atoms with Gasteiger partial charge in [0.05, 0.1) is 0 Å². The summed E-state index contributed by atoms with van der Waals surface area (Å²) in [5.41, 5.74) is 2.22. The summed E-state index contributed by atoms with van der Waals surface area (Å²) in [5.74, 6) is 0.477. The first kappa shape index (κ1) is 17.9. The van der Waals surface area contributed by atoms with Crippen molar-refractivity contribution in [1.82, 2.24) is 0 Å². The molecule has 0 saturated heterocycles. The molecule has 0 fully saturated rings. The Morgan fingerprint density at radius 1 is 1.12 bits per heavy atom. The van der Waals surface area contributed by atoms with Crippen molar-refractivity contribution in [3.63, 3.8) is 0 Å². The Balaban J connectivity index is 2.04. The maximum absolute atomic E-state index is 12.0. The summed E-state index contributed by atoms with van der Waals surface area (Å²) in [4.78, 5) is 14.1. The molecule has 0 radical (unpaired) electrons. The summed E-state index contributed by atoms with van der Waals surface area (Å²) < 4.78 is 10.7. The third-order valence-electron chi connectivity index (χ3n) is 3.74. The summed E-state index contributed by atoms with van der Waals surface area (Å²) >= 11 is 0. The van der Waals surface area contributed by atoms with E-state index in [4.69, 9.17) is 9.47 Å². The third-order valence-corrected chi connectivity index (χ3v) is 3.74. The van der Waals surface area contributed by atoms with E-state index < -0.39 is 12.4 Å². The number of ether oxygens (including phenoxy) is 2. The zero-order valence-corrected chi connectivity index (χ0v) is 14.6. The normalized spacial score (nSPS) is 11.6. The van der Waals surface area contributed by atoms with Crippen molar-refractivity contribution < 1.29 is 14.3 Å². The van der Waals surface area contributed by atoms with E-state index in [1.807, 2.05) is 37.3 Å². The van der Waals surface area contributed by atoms with Crippen molar-refractivity contribution in [2.45, 2.75) is 39.8 Å². The predicted octanol–water partition coefficient (Wildman–Crippen LogP) is 5.16. The van der Waals surface area contributed by atoms with Crippen LogP contribution >= 0.6 is 0 Å². The van der Waals surface area contributed by atoms with Gasteiger partial charge in [0.1, 0.15) is 5.75 Å². The Bertz CT molecular complexity index is 642. The molecule has 2 rings (SSSR count). The number of hydrogen-bond donors (Lipinski definition) is 0. The molecule has 0 spiro atoms. The van der Waals surface area contributed by atoms with Gasteiger partial charge in [-0.2, -0.15) is 0 Å². The molecule has 2 aromatic rings. The molecule has 4 nitrogen and oxygen atoms in total. The van der Waals surface area contributed by atoms with Gasteiger partial charge in [-0.15, -0.1) is 0 Å². The SMILES string of the molecule is CCCCN(c1cccc(C)c1)C(C)OC(=O)Oc1ccccc1. The zero-order valence-electron chi connectivity index (χ0n) is 14.6. The first-order chi connectivity index (χ1) is 11.6.